The predicted molar refractivity (Wildman–Crippen MR) is 77.0 cm³/mol. The van der Waals surface area contributed by atoms with Crippen LogP contribution in [0.5, 0.6) is 11.5 Å². The first-order chi connectivity index (χ1) is 9.58. The Morgan fingerprint density at radius 3 is 2.75 bits per heavy atom. The van der Waals surface area contributed by atoms with Crippen LogP contribution in [0.4, 0.5) is 5.69 Å². The van der Waals surface area contributed by atoms with E-state index in [9.17, 15) is 4.79 Å². The van der Waals surface area contributed by atoms with Crippen LogP contribution in [0.15, 0.2) is 18.2 Å². The van der Waals surface area contributed by atoms with Gasteiger partial charge in [-0.15, -0.1) is 0 Å². The van der Waals surface area contributed by atoms with Gasteiger partial charge < -0.3 is 25.3 Å². The number of carbonyl (C=O) groups is 1. The van der Waals surface area contributed by atoms with E-state index < -0.39 is 6.10 Å². The third kappa shape index (κ3) is 4.97. The van der Waals surface area contributed by atoms with Crippen molar-refractivity contribution < 1.29 is 19.0 Å². The van der Waals surface area contributed by atoms with Gasteiger partial charge in [-0.2, -0.15) is 0 Å². The highest BCUT2D eigenvalue weighted by Crippen LogP contribution is 2.27. The number of rotatable bonds is 8. The monoisotopic (exact) mass is 282 g/mol. The fourth-order valence-electron chi connectivity index (χ4n) is 1.58. The molecular formula is C14H22N2O4. The second-order valence-corrected chi connectivity index (χ2v) is 4.30. The first kappa shape index (κ1) is 16.1. The molecule has 0 fully saturated rings. The fourth-order valence-corrected chi connectivity index (χ4v) is 1.58. The molecule has 20 heavy (non-hydrogen) atoms. The van der Waals surface area contributed by atoms with Crippen LogP contribution in [0.25, 0.3) is 0 Å². The van der Waals surface area contributed by atoms with Gasteiger partial charge in [0.25, 0.3) is 5.91 Å². The Labute approximate surface area is 119 Å². The van der Waals surface area contributed by atoms with Crippen molar-refractivity contribution in [2.45, 2.75) is 19.4 Å². The molecule has 6 nitrogen and oxygen atoms in total. The molecule has 1 aromatic rings. The Bertz CT molecular complexity index is 437. The summed E-state index contributed by atoms with van der Waals surface area (Å²) >= 11 is 0. The van der Waals surface area contributed by atoms with E-state index in [1.807, 2.05) is 0 Å². The molecule has 1 atom stereocenters. The maximum Gasteiger partial charge on any atom is 0.260 e. The molecule has 6 heteroatoms. The van der Waals surface area contributed by atoms with Gasteiger partial charge in [-0.25, -0.2) is 0 Å². The minimum Gasteiger partial charge on any atom is -0.497 e. The number of anilines is 1. The Kier molecular flexibility index (Phi) is 6.66. The van der Waals surface area contributed by atoms with Gasteiger partial charge in [0.1, 0.15) is 11.5 Å². The fraction of sp³-hybridized carbons (Fsp3) is 0.500. The third-order valence-electron chi connectivity index (χ3n) is 2.71. The second-order valence-electron chi connectivity index (χ2n) is 4.30. The lowest BCUT2D eigenvalue weighted by Gasteiger charge is -2.16. The summed E-state index contributed by atoms with van der Waals surface area (Å²) in [6.07, 6.45) is 0.146. The number of ether oxygens (including phenoxy) is 3. The molecule has 0 aliphatic rings. The van der Waals surface area contributed by atoms with Gasteiger partial charge in [0, 0.05) is 26.3 Å². The standard InChI is InChI=1S/C14H22N2O4/c1-10(14(17)16-7-4-8-18-2)20-13-6-5-11(19-3)9-12(13)15/h5-6,9-10H,4,7-8,15H2,1-3H3,(H,16,17). The van der Waals surface area contributed by atoms with E-state index in [-0.39, 0.29) is 5.91 Å². The molecule has 0 saturated heterocycles. The Balaban J connectivity index is 2.48. The van der Waals surface area contributed by atoms with Crippen molar-refractivity contribution in [1.29, 1.82) is 0 Å². The van der Waals surface area contributed by atoms with E-state index in [2.05, 4.69) is 5.32 Å². The molecular weight excluding hydrogens is 260 g/mol. The average molecular weight is 282 g/mol. The average Bonchev–Trinajstić information content (AvgIpc) is 2.45. The number of hydrogen-bond acceptors (Lipinski definition) is 5. The molecule has 0 spiro atoms. The molecule has 112 valence electrons. The number of nitrogens with two attached hydrogens (primary N) is 1. The van der Waals surface area contributed by atoms with Crippen molar-refractivity contribution in [1.82, 2.24) is 5.32 Å². The number of carbonyl (C=O) groups excluding carboxylic acids is 1. The van der Waals surface area contributed by atoms with Crippen molar-refractivity contribution >= 4 is 11.6 Å². The van der Waals surface area contributed by atoms with Crippen LogP contribution >= 0.6 is 0 Å². The van der Waals surface area contributed by atoms with Crippen molar-refractivity contribution in [3.05, 3.63) is 18.2 Å². The molecule has 0 radical (unpaired) electrons. The molecule has 1 rings (SSSR count). The number of amides is 1. The highest BCUT2D eigenvalue weighted by Gasteiger charge is 2.15. The van der Waals surface area contributed by atoms with E-state index in [1.54, 1.807) is 39.3 Å². The van der Waals surface area contributed by atoms with Crippen LogP contribution < -0.4 is 20.5 Å². The third-order valence-corrected chi connectivity index (χ3v) is 2.71. The topological polar surface area (TPSA) is 82.8 Å². The highest BCUT2D eigenvalue weighted by atomic mass is 16.5. The summed E-state index contributed by atoms with van der Waals surface area (Å²) in [7, 11) is 3.19. The summed E-state index contributed by atoms with van der Waals surface area (Å²) in [5.74, 6) is 0.924. The molecule has 0 bridgehead atoms. The van der Waals surface area contributed by atoms with Gasteiger partial charge in [-0.3, -0.25) is 4.79 Å². The Morgan fingerprint density at radius 1 is 1.40 bits per heavy atom. The van der Waals surface area contributed by atoms with Gasteiger partial charge in [-0.1, -0.05) is 0 Å². The Morgan fingerprint density at radius 2 is 2.15 bits per heavy atom. The quantitative estimate of drug-likeness (QED) is 0.553. The van der Waals surface area contributed by atoms with Gasteiger partial charge in [0.05, 0.1) is 12.8 Å². The summed E-state index contributed by atoms with van der Waals surface area (Å²) in [5, 5.41) is 2.77. The molecule has 1 unspecified atom stereocenters. The van der Waals surface area contributed by atoms with E-state index in [0.29, 0.717) is 30.3 Å². The first-order valence-corrected chi connectivity index (χ1v) is 6.45. The van der Waals surface area contributed by atoms with E-state index in [4.69, 9.17) is 19.9 Å². The lowest BCUT2D eigenvalue weighted by atomic mass is 10.2. The smallest absolute Gasteiger partial charge is 0.260 e. The molecule has 3 N–H and O–H groups in total. The SMILES string of the molecule is COCCCNC(=O)C(C)Oc1ccc(OC)cc1N. The molecule has 0 aromatic heterocycles. The zero-order valence-corrected chi connectivity index (χ0v) is 12.1. The van der Waals surface area contributed by atoms with Crippen LogP contribution in [0.1, 0.15) is 13.3 Å². The molecule has 0 heterocycles. The first-order valence-electron chi connectivity index (χ1n) is 6.45. The largest absolute Gasteiger partial charge is 0.497 e. The zero-order chi connectivity index (χ0) is 15.0. The zero-order valence-electron chi connectivity index (χ0n) is 12.1. The van der Waals surface area contributed by atoms with E-state index in [1.165, 1.54) is 0 Å². The number of hydrogen-bond donors (Lipinski definition) is 2. The molecule has 0 aliphatic heterocycles. The Hall–Kier alpha value is -1.95. The van der Waals surface area contributed by atoms with Crippen LogP contribution in [0, 0.1) is 0 Å². The molecule has 0 aliphatic carbocycles. The van der Waals surface area contributed by atoms with E-state index >= 15 is 0 Å². The summed E-state index contributed by atoms with van der Waals surface area (Å²) in [5.41, 5.74) is 6.27. The van der Waals surface area contributed by atoms with Crippen molar-refractivity contribution in [2.75, 3.05) is 33.1 Å². The predicted octanol–water partition coefficient (Wildman–Crippen LogP) is 1.20. The van der Waals surface area contributed by atoms with E-state index in [0.717, 1.165) is 6.42 Å². The summed E-state index contributed by atoms with van der Waals surface area (Å²) in [6.45, 7) is 2.84. The number of methoxy groups -OCH3 is 2. The van der Waals surface area contributed by atoms with Gasteiger partial charge in [0.15, 0.2) is 6.10 Å². The highest BCUT2D eigenvalue weighted by molar-refractivity contribution is 5.80. The van der Waals surface area contributed by atoms with Crippen molar-refractivity contribution in [3.63, 3.8) is 0 Å². The van der Waals surface area contributed by atoms with Crippen LogP contribution in [0.3, 0.4) is 0 Å². The van der Waals surface area contributed by atoms with Gasteiger partial charge in [0.2, 0.25) is 0 Å². The summed E-state index contributed by atoms with van der Waals surface area (Å²) < 4.78 is 15.5. The number of benzene rings is 1. The van der Waals surface area contributed by atoms with Crippen molar-refractivity contribution in [3.8, 4) is 11.5 Å². The minimum absolute atomic E-state index is 0.184. The number of nitrogen functional groups attached to an aromatic ring is 1. The summed E-state index contributed by atoms with van der Waals surface area (Å²) in [4.78, 5) is 11.8. The lowest BCUT2D eigenvalue weighted by molar-refractivity contribution is -0.127. The van der Waals surface area contributed by atoms with Gasteiger partial charge >= 0.3 is 0 Å². The van der Waals surface area contributed by atoms with Crippen LogP contribution in [-0.2, 0) is 9.53 Å². The second kappa shape index (κ2) is 8.27. The minimum atomic E-state index is -0.617. The summed E-state index contributed by atoms with van der Waals surface area (Å²) in [6, 6.07) is 5.07. The lowest BCUT2D eigenvalue weighted by Crippen LogP contribution is -2.37. The molecule has 1 aromatic carbocycles. The van der Waals surface area contributed by atoms with Crippen molar-refractivity contribution in [2.24, 2.45) is 0 Å². The van der Waals surface area contributed by atoms with Gasteiger partial charge in [-0.05, 0) is 25.5 Å². The number of nitrogens with one attached hydrogen (secondary N) is 1. The molecule has 0 saturated carbocycles. The van der Waals surface area contributed by atoms with Crippen LogP contribution in [0.2, 0.25) is 0 Å². The normalized spacial score (nSPS) is 11.8. The molecule has 1 amide bonds. The maximum absolute atomic E-state index is 11.8. The maximum atomic E-state index is 11.8. The van der Waals surface area contributed by atoms with Crippen LogP contribution in [-0.4, -0.2) is 39.4 Å².